The summed E-state index contributed by atoms with van der Waals surface area (Å²) in [4.78, 5) is 5.66. The van der Waals surface area contributed by atoms with E-state index in [2.05, 4.69) is 51.3 Å². The molecule has 0 N–H and O–H groups in total. The highest BCUT2D eigenvalue weighted by Gasteiger charge is 2.37. The third-order valence-corrected chi connectivity index (χ3v) is 6.01. The first kappa shape index (κ1) is 17.3. The van der Waals surface area contributed by atoms with E-state index in [1.165, 1.54) is 45.4 Å². The van der Waals surface area contributed by atoms with Gasteiger partial charge in [-0.15, -0.1) is 0 Å². The molecule has 0 aromatic rings. The third-order valence-electron chi connectivity index (χ3n) is 6.01. The molecular weight excluding hydrogens is 256 g/mol. The molecule has 2 unspecified atom stereocenters. The number of nitrogens with zero attached hydrogens (tertiary/aromatic N) is 2. The van der Waals surface area contributed by atoms with Crippen LogP contribution < -0.4 is 0 Å². The molecule has 124 valence electrons. The highest BCUT2D eigenvalue weighted by atomic mass is 15.3. The normalized spacial score (nSPS) is 28.9. The van der Waals surface area contributed by atoms with Gasteiger partial charge >= 0.3 is 0 Å². The zero-order valence-corrected chi connectivity index (χ0v) is 15.3. The van der Waals surface area contributed by atoms with Gasteiger partial charge in [0, 0.05) is 31.7 Å². The Kier molecular flexibility index (Phi) is 6.14. The molecule has 21 heavy (non-hydrogen) atoms. The van der Waals surface area contributed by atoms with Crippen LogP contribution in [0.1, 0.15) is 60.8 Å². The zero-order valence-electron chi connectivity index (χ0n) is 15.3. The lowest BCUT2D eigenvalue weighted by atomic mass is 9.83. The lowest BCUT2D eigenvalue weighted by Crippen LogP contribution is -2.62. The van der Waals surface area contributed by atoms with Gasteiger partial charge in [-0.25, -0.2) is 0 Å². The number of fused-ring (bicyclic) bond motifs is 1. The van der Waals surface area contributed by atoms with Gasteiger partial charge in [-0.3, -0.25) is 9.80 Å². The molecule has 2 rings (SSSR count). The SMILES string of the molecule is CC(C)C(CN1CC2CCCCN2CC1C(C)C)C(C)C. The van der Waals surface area contributed by atoms with Crippen LogP contribution in [0.3, 0.4) is 0 Å². The molecule has 0 radical (unpaired) electrons. The zero-order chi connectivity index (χ0) is 15.6. The molecule has 2 fully saturated rings. The van der Waals surface area contributed by atoms with Crippen LogP contribution in [0, 0.1) is 23.7 Å². The summed E-state index contributed by atoms with van der Waals surface area (Å²) < 4.78 is 0. The number of piperazine rings is 1. The van der Waals surface area contributed by atoms with Crippen molar-refractivity contribution < 1.29 is 0 Å². The summed E-state index contributed by atoms with van der Waals surface area (Å²) in [5, 5.41) is 0. The van der Waals surface area contributed by atoms with Gasteiger partial charge in [0.05, 0.1) is 0 Å². The van der Waals surface area contributed by atoms with E-state index < -0.39 is 0 Å². The molecule has 0 bridgehead atoms. The monoisotopic (exact) mass is 294 g/mol. The lowest BCUT2D eigenvalue weighted by molar-refractivity contribution is -0.0219. The van der Waals surface area contributed by atoms with Crippen LogP contribution in [-0.4, -0.2) is 48.1 Å². The number of rotatable bonds is 5. The van der Waals surface area contributed by atoms with Crippen LogP contribution >= 0.6 is 0 Å². The first-order chi connectivity index (χ1) is 9.90. The summed E-state index contributed by atoms with van der Waals surface area (Å²) in [5.41, 5.74) is 0. The predicted molar refractivity (Wildman–Crippen MR) is 92.6 cm³/mol. The third kappa shape index (κ3) is 4.22. The molecular formula is C19H38N2. The maximum Gasteiger partial charge on any atom is 0.0247 e. The smallest absolute Gasteiger partial charge is 0.0247 e. The number of hydrogen-bond donors (Lipinski definition) is 0. The summed E-state index contributed by atoms with van der Waals surface area (Å²) in [6, 6.07) is 1.60. The Bertz CT molecular complexity index is 303. The standard InChI is InChI=1S/C19H38N2/c1-14(2)18(15(3)4)12-21-11-17-9-7-8-10-20(17)13-19(21)16(5)6/h14-19H,7-13H2,1-6H3. The second-order valence-corrected chi connectivity index (χ2v) is 8.56. The second-order valence-electron chi connectivity index (χ2n) is 8.56. The largest absolute Gasteiger partial charge is 0.298 e. The van der Waals surface area contributed by atoms with Crippen LogP contribution in [0.25, 0.3) is 0 Å². The Labute approximate surface area is 133 Å². The van der Waals surface area contributed by atoms with Crippen molar-refractivity contribution >= 4 is 0 Å². The van der Waals surface area contributed by atoms with Crippen molar-refractivity contribution in [2.75, 3.05) is 26.2 Å². The Hall–Kier alpha value is -0.0800. The van der Waals surface area contributed by atoms with Crippen LogP contribution in [0.5, 0.6) is 0 Å². The minimum absolute atomic E-state index is 0.763. The molecule has 2 aliphatic rings. The van der Waals surface area contributed by atoms with Gasteiger partial charge in [-0.05, 0) is 43.1 Å². The van der Waals surface area contributed by atoms with Crippen molar-refractivity contribution in [2.45, 2.75) is 72.9 Å². The van der Waals surface area contributed by atoms with Gasteiger partial charge in [0.2, 0.25) is 0 Å². The van der Waals surface area contributed by atoms with Gasteiger partial charge in [0.25, 0.3) is 0 Å². The van der Waals surface area contributed by atoms with Crippen molar-refractivity contribution in [1.82, 2.24) is 9.80 Å². The van der Waals surface area contributed by atoms with E-state index in [0.29, 0.717) is 0 Å². The van der Waals surface area contributed by atoms with Gasteiger partial charge in [-0.1, -0.05) is 48.0 Å². The van der Waals surface area contributed by atoms with Crippen molar-refractivity contribution in [3.8, 4) is 0 Å². The van der Waals surface area contributed by atoms with E-state index >= 15 is 0 Å². The molecule has 2 atom stereocenters. The maximum atomic E-state index is 2.86. The highest BCUT2D eigenvalue weighted by Crippen LogP contribution is 2.30. The summed E-state index contributed by atoms with van der Waals surface area (Å²) in [6.07, 6.45) is 4.29. The van der Waals surface area contributed by atoms with E-state index in [1.807, 2.05) is 0 Å². The fraction of sp³-hybridized carbons (Fsp3) is 1.00. The molecule has 2 nitrogen and oxygen atoms in total. The summed E-state index contributed by atoms with van der Waals surface area (Å²) in [7, 11) is 0. The molecule has 0 aromatic carbocycles. The molecule has 0 saturated carbocycles. The van der Waals surface area contributed by atoms with E-state index in [-0.39, 0.29) is 0 Å². The average molecular weight is 295 g/mol. The summed E-state index contributed by atoms with van der Waals surface area (Å²) in [5.74, 6) is 3.19. The first-order valence-corrected chi connectivity index (χ1v) is 9.38. The lowest BCUT2D eigenvalue weighted by Gasteiger charge is -2.51. The van der Waals surface area contributed by atoms with Gasteiger partial charge < -0.3 is 0 Å². The number of hydrogen-bond acceptors (Lipinski definition) is 2. The van der Waals surface area contributed by atoms with Crippen LogP contribution in [0.2, 0.25) is 0 Å². The quantitative estimate of drug-likeness (QED) is 0.753. The Morgan fingerprint density at radius 2 is 1.57 bits per heavy atom. The van der Waals surface area contributed by atoms with Crippen molar-refractivity contribution in [3.05, 3.63) is 0 Å². The van der Waals surface area contributed by atoms with Crippen molar-refractivity contribution in [1.29, 1.82) is 0 Å². The van der Waals surface area contributed by atoms with Crippen LogP contribution in [0.15, 0.2) is 0 Å². The molecule has 2 saturated heterocycles. The Morgan fingerprint density at radius 1 is 0.905 bits per heavy atom. The molecule has 0 aromatic heterocycles. The van der Waals surface area contributed by atoms with E-state index in [0.717, 1.165) is 35.8 Å². The van der Waals surface area contributed by atoms with E-state index in [4.69, 9.17) is 0 Å². The minimum Gasteiger partial charge on any atom is -0.298 e. The highest BCUT2D eigenvalue weighted by molar-refractivity contribution is 4.93. The fourth-order valence-electron chi connectivity index (χ4n) is 4.57. The second kappa shape index (κ2) is 7.46. The predicted octanol–water partition coefficient (Wildman–Crippen LogP) is 4.11. The number of piperidine rings is 1. The van der Waals surface area contributed by atoms with Gasteiger partial charge in [-0.2, -0.15) is 0 Å². The molecule has 2 heteroatoms. The Morgan fingerprint density at radius 3 is 2.14 bits per heavy atom. The van der Waals surface area contributed by atoms with Crippen molar-refractivity contribution in [3.63, 3.8) is 0 Å². The van der Waals surface area contributed by atoms with Gasteiger partial charge in [0.1, 0.15) is 0 Å². The molecule has 2 aliphatic heterocycles. The Balaban J connectivity index is 2.07. The molecule has 0 spiro atoms. The first-order valence-electron chi connectivity index (χ1n) is 9.38. The van der Waals surface area contributed by atoms with E-state index in [1.54, 1.807) is 0 Å². The van der Waals surface area contributed by atoms with Crippen LogP contribution in [0.4, 0.5) is 0 Å². The topological polar surface area (TPSA) is 6.48 Å². The molecule has 2 heterocycles. The molecule has 0 aliphatic carbocycles. The van der Waals surface area contributed by atoms with Gasteiger partial charge in [0.15, 0.2) is 0 Å². The molecule has 0 amide bonds. The average Bonchev–Trinajstić information content (AvgIpc) is 2.42. The van der Waals surface area contributed by atoms with Crippen LogP contribution in [-0.2, 0) is 0 Å². The fourth-order valence-corrected chi connectivity index (χ4v) is 4.57. The van der Waals surface area contributed by atoms with E-state index in [9.17, 15) is 0 Å². The summed E-state index contributed by atoms with van der Waals surface area (Å²) in [6.45, 7) is 19.8. The van der Waals surface area contributed by atoms with Crippen molar-refractivity contribution in [2.24, 2.45) is 23.7 Å². The summed E-state index contributed by atoms with van der Waals surface area (Å²) >= 11 is 0. The minimum atomic E-state index is 0.763. The maximum absolute atomic E-state index is 2.86.